The van der Waals surface area contributed by atoms with E-state index in [4.69, 9.17) is 0 Å². The Kier molecular flexibility index (Phi) is 5.26. The molecule has 2 atom stereocenters. The third-order valence-corrected chi connectivity index (χ3v) is 3.55. The van der Waals surface area contributed by atoms with Gasteiger partial charge in [0.2, 0.25) is 0 Å². The molecular weight excluding hydrogens is 196 g/mol. The first-order valence-electron chi connectivity index (χ1n) is 6.84. The molecule has 2 heteroatoms. The lowest BCUT2D eigenvalue weighted by molar-refractivity contribution is 0.197. The van der Waals surface area contributed by atoms with Crippen molar-refractivity contribution in [1.29, 1.82) is 0 Å². The van der Waals surface area contributed by atoms with E-state index in [1.54, 1.807) is 0 Å². The molecule has 0 heterocycles. The lowest BCUT2D eigenvalue weighted by atomic mass is 9.92. The summed E-state index contributed by atoms with van der Waals surface area (Å²) < 4.78 is 0. The monoisotopic (exact) mass is 226 g/mol. The number of nitrogens with zero attached hydrogens (tertiary/aromatic N) is 1. The van der Waals surface area contributed by atoms with Crippen molar-refractivity contribution in [2.24, 2.45) is 17.3 Å². The van der Waals surface area contributed by atoms with Crippen LogP contribution in [0.25, 0.3) is 0 Å². The fraction of sp³-hybridized carbons (Fsp3) is 1.00. The molecule has 1 N–H and O–H groups in total. The Morgan fingerprint density at radius 3 is 2.50 bits per heavy atom. The minimum atomic E-state index is 0.391. The molecule has 0 aliphatic heterocycles. The minimum Gasteiger partial charge on any atom is -0.316 e. The first kappa shape index (κ1) is 14.0. The van der Waals surface area contributed by atoms with Crippen molar-refractivity contribution in [1.82, 2.24) is 10.2 Å². The predicted octanol–water partition coefficient (Wildman–Crippen LogP) is 2.60. The lowest BCUT2D eigenvalue weighted by Crippen LogP contribution is -2.39. The Bertz CT molecular complexity index is 201. The molecule has 0 bridgehead atoms. The summed E-state index contributed by atoms with van der Waals surface area (Å²) in [5.41, 5.74) is 0.391. The molecule has 0 spiro atoms. The zero-order valence-corrected chi connectivity index (χ0v) is 11.8. The standard InChI is InChI=1S/C14H30N2/c1-6-7-15-10-14(3,4)11-16(5)9-13-8-12(13)2/h12-13,15H,6-11H2,1-5H3. The van der Waals surface area contributed by atoms with E-state index in [1.165, 1.54) is 25.9 Å². The predicted molar refractivity (Wildman–Crippen MR) is 71.7 cm³/mol. The van der Waals surface area contributed by atoms with Crippen LogP contribution in [0.1, 0.15) is 40.5 Å². The second-order valence-corrected chi connectivity index (χ2v) is 6.51. The molecule has 2 nitrogen and oxygen atoms in total. The molecule has 1 aliphatic carbocycles. The Balaban J connectivity index is 2.16. The van der Waals surface area contributed by atoms with Gasteiger partial charge >= 0.3 is 0 Å². The molecule has 2 unspecified atom stereocenters. The molecular formula is C14H30N2. The van der Waals surface area contributed by atoms with E-state index in [9.17, 15) is 0 Å². The van der Waals surface area contributed by atoms with Gasteiger partial charge in [-0.25, -0.2) is 0 Å². The van der Waals surface area contributed by atoms with Gasteiger partial charge in [-0.15, -0.1) is 0 Å². The van der Waals surface area contributed by atoms with Gasteiger partial charge in [0.15, 0.2) is 0 Å². The van der Waals surface area contributed by atoms with E-state index < -0.39 is 0 Å². The zero-order chi connectivity index (χ0) is 12.2. The average Bonchev–Trinajstić information content (AvgIpc) is 2.80. The summed E-state index contributed by atoms with van der Waals surface area (Å²) in [5, 5.41) is 3.53. The summed E-state index contributed by atoms with van der Waals surface area (Å²) in [6.07, 6.45) is 2.67. The van der Waals surface area contributed by atoms with E-state index in [1.807, 2.05) is 0 Å². The SMILES string of the molecule is CCCNCC(C)(C)CN(C)CC1CC1C. The zero-order valence-electron chi connectivity index (χ0n) is 11.8. The van der Waals surface area contributed by atoms with Gasteiger partial charge in [-0.1, -0.05) is 27.7 Å². The van der Waals surface area contributed by atoms with Crippen molar-refractivity contribution < 1.29 is 0 Å². The van der Waals surface area contributed by atoms with Crippen LogP contribution in [0.4, 0.5) is 0 Å². The molecule has 0 aromatic rings. The maximum Gasteiger partial charge on any atom is 0.00419 e. The molecule has 0 aromatic heterocycles. The number of nitrogens with one attached hydrogen (secondary N) is 1. The lowest BCUT2D eigenvalue weighted by Gasteiger charge is -2.30. The highest BCUT2D eigenvalue weighted by atomic mass is 15.1. The first-order chi connectivity index (χ1) is 7.44. The van der Waals surface area contributed by atoms with Crippen LogP contribution in [-0.2, 0) is 0 Å². The van der Waals surface area contributed by atoms with Crippen LogP contribution < -0.4 is 5.32 Å². The van der Waals surface area contributed by atoms with Gasteiger partial charge in [-0.3, -0.25) is 0 Å². The molecule has 16 heavy (non-hydrogen) atoms. The number of hydrogen-bond acceptors (Lipinski definition) is 2. The van der Waals surface area contributed by atoms with Crippen molar-refractivity contribution in [2.75, 3.05) is 33.2 Å². The van der Waals surface area contributed by atoms with Gasteiger partial charge in [0.25, 0.3) is 0 Å². The fourth-order valence-corrected chi connectivity index (χ4v) is 2.51. The summed E-state index contributed by atoms with van der Waals surface area (Å²) in [4.78, 5) is 2.52. The van der Waals surface area contributed by atoms with Crippen molar-refractivity contribution in [3.8, 4) is 0 Å². The highest BCUT2D eigenvalue weighted by molar-refractivity contribution is 4.86. The summed E-state index contributed by atoms with van der Waals surface area (Å²) >= 11 is 0. The largest absolute Gasteiger partial charge is 0.316 e. The maximum absolute atomic E-state index is 3.53. The highest BCUT2D eigenvalue weighted by Gasteiger charge is 2.34. The molecule has 0 amide bonds. The van der Waals surface area contributed by atoms with Crippen molar-refractivity contribution >= 4 is 0 Å². The first-order valence-corrected chi connectivity index (χ1v) is 6.84. The molecule has 0 saturated heterocycles. The van der Waals surface area contributed by atoms with Crippen LogP contribution in [0.5, 0.6) is 0 Å². The normalized spacial score (nSPS) is 25.1. The fourth-order valence-electron chi connectivity index (χ4n) is 2.51. The van der Waals surface area contributed by atoms with Crippen LogP contribution in [-0.4, -0.2) is 38.1 Å². The molecule has 1 rings (SSSR count). The number of rotatable bonds is 8. The van der Waals surface area contributed by atoms with Gasteiger partial charge in [0.1, 0.15) is 0 Å². The quantitative estimate of drug-likeness (QED) is 0.640. The van der Waals surface area contributed by atoms with E-state index >= 15 is 0 Å². The van der Waals surface area contributed by atoms with Crippen LogP contribution in [0.2, 0.25) is 0 Å². The Hall–Kier alpha value is -0.0800. The van der Waals surface area contributed by atoms with Crippen molar-refractivity contribution in [2.45, 2.75) is 40.5 Å². The molecule has 96 valence electrons. The van der Waals surface area contributed by atoms with E-state index in [2.05, 4.69) is 45.0 Å². The molecule has 1 aliphatic rings. The Morgan fingerprint density at radius 1 is 1.38 bits per heavy atom. The molecule has 1 saturated carbocycles. The highest BCUT2D eigenvalue weighted by Crippen LogP contribution is 2.38. The topological polar surface area (TPSA) is 15.3 Å². The van der Waals surface area contributed by atoms with Gasteiger partial charge in [-0.2, -0.15) is 0 Å². The van der Waals surface area contributed by atoms with Crippen LogP contribution in [0, 0.1) is 17.3 Å². The minimum absolute atomic E-state index is 0.391. The summed E-state index contributed by atoms with van der Waals surface area (Å²) in [7, 11) is 2.27. The smallest absolute Gasteiger partial charge is 0.00419 e. The van der Waals surface area contributed by atoms with Crippen molar-refractivity contribution in [3.63, 3.8) is 0 Å². The molecule has 0 radical (unpaired) electrons. The third-order valence-electron chi connectivity index (χ3n) is 3.55. The van der Waals surface area contributed by atoms with Gasteiger partial charge in [-0.05, 0) is 43.7 Å². The summed E-state index contributed by atoms with van der Waals surface area (Å²) in [6.45, 7) is 14.1. The van der Waals surface area contributed by atoms with E-state index in [-0.39, 0.29) is 0 Å². The van der Waals surface area contributed by atoms with Crippen molar-refractivity contribution in [3.05, 3.63) is 0 Å². The van der Waals surface area contributed by atoms with Crippen LogP contribution in [0.15, 0.2) is 0 Å². The molecule has 1 fully saturated rings. The van der Waals surface area contributed by atoms with Gasteiger partial charge < -0.3 is 10.2 Å². The van der Waals surface area contributed by atoms with E-state index in [0.29, 0.717) is 5.41 Å². The van der Waals surface area contributed by atoms with Gasteiger partial charge in [0, 0.05) is 19.6 Å². The summed E-state index contributed by atoms with van der Waals surface area (Å²) in [6, 6.07) is 0. The second-order valence-electron chi connectivity index (χ2n) is 6.51. The Labute approximate surface area is 102 Å². The van der Waals surface area contributed by atoms with Crippen LogP contribution in [0.3, 0.4) is 0 Å². The third kappa shape index (κ3) is 5.31. The Morgan fingerprint density at radius 2 is 2.00 bits per heavy atom. The van der Waals surface area contributed by atoms with E-state index in [0.717, 1.165) is 24.9 Å². The molecule has 0 aromatic carbocycles. The maximum atomic E-state index is 3.53. The van der Waals surface area contributed by atoms with Crippen LogP contribution >= 0.6 is 0 Å². The van der Waals surface area contributed by atoms with Gasteiger partial charge in [0.05, 0.1) is 0 Å². The average molecular weight is 226 g/mol. The second kappa shape index (κ2) is 6.02. The summed E-state index contributed by atoms with van der Waals surface area (Å²) in [5.74, 6) is 1.95. The number of hydrogen-bond donors (Lipinski definition) is 1.